The van der Waals surface area contributed by atoms with Gasteiger partial charge in [-0.3, -0.25) is 4.79 Å². The molecule has 0 radical (unpaired) electrons. The average molecular weight is 428 g/mol. The van der Waals surface area contributed by atoms with E-state index < -0.39 is 17.2 Å². The van der Waals surface area contributed by atoms with Crippen molar-refractivity contribution in [3.63, 3.8) is 0 Å². The van der Waals surface area contributed by atoms with Crippen molar-refractivity contribution in [1.29, 1.82) is 0 Å². The van der Waals surface area contributed by atoms with E-state index in [1.54, 1.807) is 15.9 Å². The van der Waals surface area contributed by atoms with Crippen LogP contribution < -0.4 is 5.32 Å². The van der Waals surface area contributed by atoms with Crippen LogP contribution >= 0.6 is 0 Å². The van der Waals surface area contributed by atoms with Crippen molar-refractivity contribution in [2.75, 3.05) is 32.7 Å². The van der Waals surface area contributed by atoms with Crippen LogP contribution in [0.25, 0.3) is 0 Å². The maximum atomic E-state index is 13.0. The number of benzene rings is 1. The number of carbonyl (C=O) groups excluding carboxylic acids is 2. The topological polar surface area (TPSA) is 52.7 Å². The number of piperidine rings is 1. The Morgan fingerprint density at radius 1 is 1.10 bits per heavy atom. The first-order valence-electron chi connectivity index (χ1n) is 10.5. The highest BCUT2D eigenvalue weighted by Crippen LogP contribution is 2.32. The molecule has 0 aliphatic carbocycles. The van der Waals surface area contributed by atoms with Crippen LogP contribution in [-0.4, -0.2) is 54.5 Å². The number of rotatable bonds is 6. The molecular weight excluding hydrogens is 395 g/mol. The van der Waals surface area contributed by atoms with E-state index in [0.29, 0.717) is 44.6 Å². The minimum atomic E-state index is -4.40. The third-order valence-corrected chi connectivity index (χ3v) is 5.85. The molecule has 0 saturated carbocycles. The molecule has 0 unspecified atom stereocenters. The summed E-state index contributed by atoms with van der Waals surface area (Å²) >= 11 is 0. The van der Waals surface area contributed by atoms with Crippen molar-refractivity contribution in [1.82, 2.24) is 15.1 Å². The second-order valence-electron chi connectivity index (χ2n) is 8.40. The first-order valence-corrected chi connectivity index (χ1v) is 10.5. The Morgan fingerprint density at radius 3 is 2.20 bits per heavy atom. The van der Waals surface area contributed by atoms with Gasteiger partial charge in [0.2, 0.25) is 5.91 Å². The maximum absolute atomic E-state index is 13.0. The summed E-state index contributed by atoms with van der Waals surface area (Å²) in [6.45, 7) is 10.1. The summed E-state index contributed by atoms with van der Waals surface area (Å²) in [4.78, 5) is 28.6. The number of hydrogen-bond acceptors (Lipinski definition) is 2. The summed E-state index contributed by atoms with van der Waals surface area (Å²) in [7, 11) is 0. The maximum Gasteiger partial charge on any atom is 0.416 e. The van der Waals surface area contributed by atoms with Crippen molar-refractivity contribution < 1.29 is 22.8 Å². The van der Waals surface area contributed by atoms with Gasteiger partial charge >= 0.3 is 12.2 Å². The van der Waals surface area contributed by atoms with E-state index in [2.05, 4.69) is 5.32 Å². The van der Waals surface area contributed by atoms with Crippen molar-refractivity contribution in [2.24, 2.45) is 5.92 Å². The molecule has 1 aromatic rings. The van der Waals surface area contributed by atoms with Gasteiger partial charge in [-0.2, -0.15) is 13.2 Å². The summed E-state index contributed by atoms with van der Waals surface area (Å²) in [5, 5.41) is 2.90. The molecule has 8 heteroatoms. The third kappa shape index (κ3) is 5.89. The number of nitrogens with zero attached hydrogens (tertiary/aromatic N) is 2. The minimum Gasteiger partial charge on any atom is -0.355 e. The highest BCUT2D eigenvalue weighted by Gasteiger charge is 2.33. The molecule has 2 rings (SSSR count). The predicted octanol–water partition coefficient (Wildman–Crippen LogP) is 4.27. The third-order valence-electron chi connectivity index (χ3n) is 5.85. The van der Waals surface area contributed by atoms with Gasteiger partial charge in [0.1, 0.15) is 0 Å². The molecule has 1 heterocycles. The molecule has 1 N–H and O–H groups in total. The Kier molecular flexibility index (Phi) is 7.77. The van der Waals surface area contributed by atoms with E-state index in [-0.39, 0.29) is 24.4 Å². The first kappa shape index (κ1) is 24.0. The Bertz CT molecular complexity index is 737. The number of likely N-dealkylation sites (tertiary alicyclic amines) is 1. The van der Waals surface area contributed by atoms with Crippen LogP contribution in [0, 0.1) is 5.92 Å². The number of hydrogen-bond donors (Lipinski definition) is 1. The zero-order valence-electron chi connectivity index (χ0n) is 18.2. The van der Waals surface area contributed by atoms with Crippen molar-refractivity contribution in [2.45, 2.75) is 52.1 Å². The Labute approximate surface area is 176 Å². The van der Waals surface area contributed by atoms with Gasteiger partial charge in [0.05, 0.1) is 5.56 Å². The van der Waals surface area contributed by atoms with Gasteiger partial charge in [-0.1, -0.05) is 32.0 Å². The van der Waals surface area contributed by atoms with Crippen LogP contribution in [0.5, 0.6) is 0 Å². The van der Waals surface area contributed by atoms with E-state index >= 15 is 0 Å². The Morgan fingerprint density at radius 2 is 1.67 bits per heavy atom. The molecule has 1 aliphatic heterocycles. The van der Waals surface area contributed by atoms with Crippen LogP contribution in [0.3, 0.4) is 0 Å². The van der Waals surface area contributed by atoms with E-state index in [1.807, 2.05) is 27.7 Å². The molecule has 1 aromatic carbocycles. The average Bonchev–Trinajstić information content (AvgIpc) is 2.72. The number of urea groups is 1. The zero-order valence-corrected chi connectivity index (χ0v) is 18.2. The molecule has 0 aromatic heterocycles. The van der Waals surface area contributed by atoms with Gasteiger partial charge in [-0.15, -0.1) is 0 Å². The van der Waals surface area contributed by atoms with E-state index in [0.717, 1.165) is 12.1 Å². The normalized spacial score (nSPS) is 15.8. The van der Waals surface area contributed by atoms with Crippen LogP contribution in [0.15, 0.2) is 24.3 Å². The van der Waals surface area contributed by atoms with Crippen LogP contribution in [0.2, 0.25) is 0 Å². The van der Waals surface area contributed by atoms with Gasteiger partial charge in [-0.05, 0) is 38.3 Å². The molecule has 0 spiro atoms. The summed E-state index contributed by atoms with van der Waals surface area (Å²) in [6, 6.07) is 5.24. The molecule has 0 bridgehead atoms. The van der Waals surface area contributed by atoms with Crippen molar-refractivity contribution in [3.8, 4) is 0 Å². The molecule has 3 amide bonds. The molecule has 5 nitrogen and oxygen atoms in total. The highest BCUT2D eigenvalue weighted by molar-refractivity contribution is 5.79. The second-order valence-corrected chi connectivity index (χ2v) is 8.40. The highest BCUT2D eigenvalue weighted by atomic mass is 19.4. The predicted molar refractivity (Wildman–Crippen MR) is 110 cm³/mol. The largest absolute Gasteiger partial charge is 0.416 e. The standard InChI is InChI=1S/C22H32F3N3O2/c1-5-27(6-2)20(30)28-12-10-16(11-13-28)19(29)26-15-21(3,4)17-8-7-9-18(14-17)22(23,24)25/h7-9,14,16H,5-6,10-13,15H2,1-4H3,(H,26,29). The molecule has 1 aliphatic rings. The Hall–Kier alpha value is -2.25. The quantitative estimate of drug-likeness (QED) is 0.737. The summed E-state index contributed by atoms with van der Waals surface area (Å²) in [5.41, 5.74) is -0.807. The van der Waals surface area contributed by atoms with E-state index in [1.165, 1.54) is 6.07 Å². The fraction of sp³-hybridized carbons (Fsp3) is 0.636. The molecular formula is C22H32F3N3O2. The number of alkyl halides is 3. The molecule has 1 fully saturated rings. The number of amides is 3. The summed E-state index contributed by atoms with van der Waals surface area (Å²) in [6.07, 6.45) is -3.22. The monoisotopic (exact) mass is 427 g/mol. The van der Waals surface area contributed by atoms with Crippen molar-refractivity contribution in [3.05, 3.63) is 35.4 Å². The lowest BCUT2D eigenvalue weighted by molar-refractivity contribution is -0.137. The molecule has 0 atom stereocenters. The minimum absolute atomic E-state index is 0.00420. The number of carbonyl (C=O) groups is 2. The smallest absolute Gasteiger partial charge is 0.355 e. The second kappa shape index (κ2) is 9.71. The SMILES string of the molecule is CCN(CC)C(=O)N1CCC(C(=O)NCC(C)(C)c2cccc(C(F)(F)F)c2)CC1. The van der Waals surface area contributed by atoms with Crippen LogP contribution in [0.1, 0.15) is 51.7 Å². The lowest BCUT2D eigenvalue weighted by Crippen LogP contribution is -2.49. The van der Waals surface area contributed by atoms with E-state index in [9.17, 15) is 22.8 Å². The van der Waals surface area contributed by atoms with Crippen molar-refractivity contribution >= 4 is 11.9 Å². The van der Waals surface area contributed by atoms with Gasteiger partial charge in [-0.25, -0.2) is 4.79 Å². The molecule has 168 valence electrons. The van der Waals surface area contributed by atoms with Crippen LogP contribution in [0.4, 0.5) is 18.0 Å². The van der Waals surface area contributed by atoms with Gasteiger partial charge in [0, 0.05) is 44.1 Å². The first-order chi connectivity index (χ1) is 14.0. The fourth-order valence-corrected chi connectivity index (χ4v) is 3.70. The fourth-order valence-electron chi connectivity index (χ4n) is 3.70. The molecule has 1 saturated heterocycles. The number of halogens is 3. The zero-order chi connectivity index (χ0) is 22.5. The lowest BCUT2D eigenvalue weighted by atomic mass is 9.83. The summed E-state index contributed by atoms with van der Waals surface area (Å²) in [5.74, 6) is -0.298. The number of nitrogens with one attached hydrogen (secondary N) is 1. The lowest BCUT2D eigenvalue weighted by Gasteiger charge is -2.35. The molecule has 30 heavy (non-hydrogen) atoms. The van der Waals surface area contributed by atoms with Gasteiger partial charge < -0.3 is 15.1 Å². The van der Waals surface area contributed by atoms with E-state index in [4.69, 9.17) is 0 Å². The summed E-state index contributed by atoms with van der Waals surface area (Å²) < 4.78 is 39.0. The van der Waals surface area contributed by atoms with Gasteiger partial charge in [0.25, 0.3) is 0 Å². The van der Waals surface area contributed by atoms with Gasteiger partial charge in [0.15, 0.2) is 0 Å². The van der Waals surface area contributed by atoms with Crippen LogP contribution in [-0.2, 0) is 16.4 Å². The Balaban J connectivity index is 1.91.